The average molecular weight is 450 g/mol. The summed E-state index contributed by atoms with van der Waals surface area (Å²) in [6, 6.07) is 18.9. The summed E-state index contributed by atoms with van der Waals surface area (Å²) < 4.78 is 0. The number of pyridine rings is 2. The molecule has 34 heavy (non-hydrogen) atoms. The van der Waals surface area contributed by atoms with Gasteiger partial charge < -0.3 is 15.6 Å². The number of aryl methyl sites for hydroxylation is 1. The Morgan fingerprint density at radius 2 is 1.79 bits per heavy atom. The highest BCUT2D eigenvalue weighted by Gasteiger charge is 2.20. The average Bonchev–Trinajstić information content (AvgIpc) is 3.35. The lowest BCUT2D eigenvalue weighted by Gasteiger charge is -2.21. The summed E-state index contributed by atoms with van der Waals surface area (Å²) in [5, 5.41) is 8.99. The van der Waals surface area contributed by atoms with E-state index in [1.165, 1.54) is 0 Å². The number of nitrogens with one attached hydrogen (secondary N) is 3. The van der Waals surface area contributed by atoms with Crippen LogP contribution in [-0.2, 0) is 0 Å². The predicted octanol–water partition coefficient (Wildman–Crippen LogP) is 4.32. The molecular weight excluding hydrogens is 426 g/mol. The van der Waals surface area contributed by atoms with E-state index < -0.39 is 6.04 Å². The van der Waals surface area contributed by atoms with Gasteiger partial charge in [0, 0.05) is 36.7 Å². The van der Waals surface area contributed by atoms with Crippen molar-refractivity contribution in [2.45, 2.75) is 13.0 Å². The number of aromatic amines is 1. The van der Waals surface area contributed by atoms with Crippen molar-refractivity contribution in [2.24, 2.45) is 0 Å². The summed E-state index contributed by atoms with van der Waals surface area (Å²) in [6.07, 6.45) is 6.56. The van der Waals surface area contributed by atoms with Gasteiger partial charge in [0.2, 0.25) is 0 Å². The molecule has 3 aromatic heterocycles. The van der Waals surface area contributed by atoms with Gasteiger partial charge in [0.1, 0.15) is 5.65 Å². The van der Waals surface area contributed by atoms with E-state index in [1.54, 1.807) is 36.9 Å². The zero-order valence-corrected chi connectivity index (χ0v) is 18.6. The zero-order valence-electron chi connectivity index (χ0n) is 18.6. The number of nitrogens with zero attached hydrogens (tertiary/aromatic N) is 2. The lowest BCUT2D eigenvalue weighted by Crippen LogP contribution is -2.38. The van der Waals surface area contributed by atoms with E-state index in [9.17, 15) is 9.59 Å². The highest BCUT2D eigenvalue weighted by Crippen LogP contribution is 2.22. The largest absolute Gasteiger partial charge is 0.350 e. The molecule has 0 aliphatic heterocycles. The van der Waals surface area contributed by atoms with Crippen LogP contribution in [0.3, 0.4) is 0 Å². The number of amides is 2. The van der Waals surface area contributed by atoms with Crippen molar-refractivity contribution in [1.29, 1.82) is 0 Å². The van der Waals surface area contributed by atoms with E-state index in [-0.39, 0.29) is 18.4 Å². The maximum atomic E-state index is 13.1. The van der Waals surface area contributed by atoms with Crippen molar-refractivity contribution in [3.8, 4) is 0 Å². The van der Waals surface area contributed by atoms with Crippen LogP contribution in [0.25, 0.3) is 21.8 Å². The molecular formula is C27H23N5O2. The summed E-state index contributed by atoms with van der Waals surface area (Å²) in [6.45, 7) is 2.09. The van der Waals surface area contributed by atoms with Crippen molar-refractivity contribution >= 4 is 33.6 Å². The summed E-state index contributed by atoms with van der Waals surface area (Å²) in [7, 11) is 0. The SMILES string of the molecule is Cc1ccncc1C(=O)NC(CNC(=O)c1ccnc2[nH]ccc12)c1ccc2ccccc2c1. The van der Waals surface area contributed by atoms with Crippen molar-refractivity contribution in [2.75, 3.05) is 6.54 Å². The zero-order chi connectivity index (χ0) is 23.5. The fraction of sp³-hybridized carbons (Fsp3) is 0.111. The highest BCUT2D eigenvalue weighted by molar-refractivity contribution is 6.05. The molecule has 0 aliphatic carbocycles. The summed E-state index contributed by atoms with van der Waals surface area (Å²) in [4.78, 5) is 37.5. The van der Waals surface area contributed by atoms with Gasteiger partial charge in [0.15, 0.2) is 0 Å². The molecule has 168 valence electrons. The lowest BCUT2D eigenvalue weighted by atomic mass is 10.0. The standard InChI is InChI=1S/C27H23N5O2/c1-17-8-11-28-15-23(17)27(34)32-24(20-7-6-18-4-2-3-5-19(18)14-20)16-31-26(33)22-10-13-30-25-21(22)9-12-29-25/h2-15,24H,16H2,1H3,(H,29,30)(H,31,33)(H,32,34). The van der Waals surface area contributed by atoms with Gasteiger partial charge in [0.05, 0.1) is 17.2 Å². The highest BCUT2D eigenvalue weighted by atomic mass is 16.2. The summed E-state index contributed by atoms with van der Waals surface area (Å²) >= 11 is 0. The molecule has 1 atom stereocenters. The first-order chi connectivity index (χ1) is 16.6. The van der Waals surface area contributed by atoms with Crippen LogP contribution >= 0.6 is 0 Å². The number of carbonyl (C=O) groups excluding carboxylic acids is 2. The number of H-pyrrole nitrogens is 1. The van der Waals surface area contributed by atoms with E-state index in [2.05, 4.69) is 25.6 Å². The smallest absolute Gasteiger partial charge is 0.253 e. The van der Waals surface area contributed by atoms with Crippen LogP contribution in [0.2, 0.25) is 0 Å². The molecule has 0 radical (unpaired) electrons. The van der Waals surface area contributed by atoms with Crippen LogP contribution in [0.4, 0.5) is 0 Å². The van der Waals surface area contributed by atoms with E-state index in [1.807, 2.05) is 55.5 Å². The van der Waals surface area contributed by atoms with Gasteiger partial charge in [-0.3, -0.25) is 14.6 Å². The number of rotatable bonds is 6. The first-order valence-corrected chi connectivity index (χ1v) is 11.0. The van der Waals surface area contributed by atoms with E-state index >= 15 is 0 Å². The van der Waals surface area contributed by atoms with Crippen molar-refractivity contribution in [3.63, 3.8) is 0 Å². The van der Waals surface area contributed by atoms with Crippen LogP contribution in [0.5, 0.6) is 0 Å². The second-order valence-electron chi connectivity index (χ2n) is 8.13. The van der Waals surface area contributed by atoms with E-state index in [4.69, 9.17) is 0 Å². The van der Waals surface area contributed by atoms with Gasteiger partial charge >= 0.3 is 0 Å². The van der Waals surface area contributed by atoms with Crippen molar-refractivity contribution < 1.29 is 9.59 Å². The first kappa shape index (κ1) is 21.3. The minimum atomic E-state index is -0.441. The Kier molecular flexibility index (Phi) is 5.74. The molecule has 3 N–H and O–H groups in total. The predicted molar refractivity (Wildman–Crippen MR) is 132 cm³/mol. The molecule has 7 heteroatoms. The van der Waals surface area contributed by atoms with Crippen LogP contribution in [0.1, 0.15) is 37.9 Å². The molecule has 0 spiro atoms. The van der Waals surface area contributed by atoms with Gasteiger partial charge in [-0.25, -0.2) is 4.98 Å². The molecule has 0 aliphatic rings. The molecule has 5 aromatic rings. The Bertz CT molecular complexity index is 1510. The number of benzene rings is 2. The molecule has 3 heterocycles. The molecule has 2 aromatic carbocycles. The molecule has 5 rings (SSSR count). The Labute approximate surface area is 196 Å². The monoisotopic (exact) mass is 449 g/mol. The minimum Gasteiger partial charge on any atom is -0.350 e. The number of aromatic nitrogens is 3. The molecule has 0 bridgehead atoms. The van der Waals surface area contributed by atoms with E-state index in [0.29, 0.717) is 16.8 Å². The fourth-order valence-corrected chi connectivity index (χ4v) is 4.06. The summed E-state index contributed by atoms with van der Waals surface area (Å²) in [5.74, 6) is -0.473. The molecule has 7 nitrogen and oxygen atoms in total. The second kappa shape index (κ2) is 9.15. The topological polar surface area (TPSA) is 99.8 Å². The van der Waals surface area contributed by atoms with Crippen molar-refractivity contribution in [1.82, 2.24) is 25.6 Å². The second-order valence-corrected chi connectivity index (χ2v) is 8.13. The van der Waals surface area contributed by atoms with Gasteiger partial charge in [-0.2, -0.15) is 0 Å². The third kappa shape index (κ3) is 4.23. The van der Waals surface area contributed by atoms with Crippen LogP contribution in [0.15, 0.2) is 85.5 Å². The van der Waals surface area contributed by atoms with Gasteiger partial charge in [-0.05, 0) is 53.1 Å². The maximum Gasteiger partial charge on any atom is 0.253 e. The Morgan fingerprint density at radius 1 is 0.941 bits per heavy atom. The molecule has 0 fully saturated rings. The van der Waals surface area contributed by atoms with Crippen LogP contribution in [-0.4, -0.2) is 33.3 Å². The first-order valence-electron chi connectivity index (χ1n) is 11.0. The third-order valence-corrected chi connectivity index (χ3v) is 5.94. The molecule has 0 saturated carbocycles. The molecule has 2 amide bonds. The Morgan fingerprint density at radius 3 is 2.65 bits per heavy atom. The van der Waals surface area contributed by atoms with Crippen molar-refractivity contribution in [3.05, 3.63) is 108 Å². The third-order valence-electron chi connectivity index (χ3n) is 5.94. The Hall–Kier alpha value is -4.52. The van der Waals surface area contributed by atoms with Gasteiger partial charge in [-0.1, -0.05) is 36.4 Å². The lowest BCUT2D eigenvalue weighted by molar-refractivity contribution is 0.0908. The fourth-order valence-electron chi connectivity index (χ4n) is 4.06. The van der Waals surface area contributed by atoms with Gasteiger partial charge in [0.25, 0.3) is 11.8 Å². The van der Waals surface area contributed by atoms with Crippen LogP contribution in [0, 0.1) is 6.92 Å². The number of carbonyl (C=O) groups is 2. The van der Waals surface area contributed by atoms with E-state index in [0.717, 1.165) is 27.3 Å². The number of fused-ring (bicyclic) bond motifs is 2. The Balaban J connectivity index is 1.43. The van der Waals surface area contributed by atoms with Gasteiger partial charge in [-0.15, -0.1) is 0 Å². The number of hydrogen-bond donors (Lipinski definition) is 3. The minimum absolute atomic E-state index is 0.219. The normalized spacial score (nSPS) is 11.9. The summed E-state index contributed by atoms with van der Waals surface area (Å²) in [5.41, 5.74) is 3.41. The molecule has 1 unspecified atom stereocenters. The molecule has 0 saturated heterocycles. The van der Waals surface area contributed by atoms with Crippen LogP contribution < -0.4 is 10.6 Å². The maximum absolute atomic E-state index is 13.1. The quantitative estimate of drug-likeness (QED) is 0.359. The number of hydrogen-bond acceptors (Lipinski definition) is 4.